The van der Waals surface area contributed by atoms with Crippen LogP contribution in [0.2, 0.25) is 0 Å². The Bertz CT molecular complexity index is 821. The number of hydrogen-bond acceptors (Lipinski definition) is 4. The van der Waals surface area contributed by atoms with E-state index in [1.165, 1.54) is 36.1 Å². The zero-order chi connectivity index (χ0) is 18.3. The number of thiazole rings is 1. The molecule has 2 aromatic rings. The van der Waals surface area contributed by atoms with E-state index in [0.717, 1.165) is 35.0 Å². The second kappa shape index (κ2) is 7.03. The smallest absolute Gasteiger partial charge is 0.229 e. The summed E-state index contributed by atoms with van der Waals surface area (Å²) in [5, 5.41) is 4.66. The number of nitrogens with one attached hydrogen (secondary N) is 1. The van der Waals surface area contributed by atoms with Gasteiger partial charge in [0.2, 0.25) is 5.91 Å². The van der Waals surface area contributed by atoms with Crippen molar-refractivity contribution in [2.24, 2.45) is 5.92 Å². The number of carbonyl (C=O) groups excluding carboxylic acids is 1. The van der Waals surface area contributed by atoms with Crippen molar-refractivity contribution in [1.82, 2.24) is 4.98 Å². The molecule has 2 heterocycles. The lowest BCUT2D eigenvalue weighted by Gasteiger charge is -2.19. The fraction of sp³-hybridized carbons (Fsp3) is 0.524. The number of aromatic nitrogens is 1. The van der Waals surface area contributed by atoms with E-state index in [-0.39, 0.29) is 11.8 Å². The number of hydrogen-bond donors (Lipinski definition) is 1. The lowest BCUT2D eigenvalue weighted by atomic mass is 10.1. The zero-order valence-corrected chi connectivity index (χ0v) is 16.7. The second-order valence-electron chi connectivity index (χ2n) is 7.79. The second-order valence-corrected chi connectivity index (χ2v) is 8.99. The molecule has 4 rings (SSSR count). The monoisotopic (exact) mass is 369 g/mol. The van der Waals surface area contributed by atoms with Gasteiger partial charge in [-0.1, -0.05) is 32.8 Å². The minimum absolute atomic E-state index is 0.0330. The van der Waals surface area contributed by atoms with Crippen LogP contribution in [0.15, 0.2) is 18.2 Å². The molecule has 1 aliphatic carbocycles. The minimum atomic E-state index is 0.0330. The van der Waals surface area contributed by atoms with Gasteiger partial charge in [0.15, 0.2) is 5.13 Å². The van der Waals surface area contributed by atoms with Crippen molar-refractivity contribution in [1.29, 1.82) is 0 Å². The van der Waals surface area contributed by atoms with Crippen molar-refractivity contribution < 1.29 is 4.79 Å². The largest absolute Gasteiger partial charge is 0.359 e. The van der Waals surface area contributed by atoms with Crippen molar-refractivity contribution in [3.05, 3.63) is 28.6 Å². The van der Waals surface area contributed by atoms with Crippen LogP contribution < -0.4 is 10.2 Å². The Kier molecular flexibility index (Phi) is 4.74. The summed E-state index contributed by atoms with van der Waals surface area (Å²) in [5.74, 6) is 0.245. The topological polar surface area (TPSA) is 45.2 Å². The molecule has 0 spiro atoms. The van der Waals surface area contributed by atoms with Crippen molar-refractivity contribution in [2.75, 3.05) is 16.8 Å². The fourth-order valence-electron chi connectivity index (χ4n) is 4.06. The molecule has 138 valence electrons. The molecule has 5 heteroatoms. The van der Waals surface area contributed by atoms with Crippen LogP contribution in [0, 0.1) is 12.8 Å². The average molecular weight is 370 g/mol. The normalized spacial score (nSPS) is 17.2. The van der Waals surface area contributed by atoms with Crippen LogP contribution in [0.25, 0.3) is 11.3 Å². The standard InChI is InChI=1S/C21H27N3OS/c1-13(2)20(25)24-11-10-15-12-16(8-9-18(15)24)19-14(3)26-21(23-19)22-17-6-4-5-7-17/h8-9,12-13,17H,4-7,10-11H2,1-3H3,(H,22,23). The quantitative estimate of drug-likeness (QED) is 0.823. The number of anilines is 2. The Morgan fingerprint density at radius 1 is 1.31 bits per heavy atom. The van der Waals surface area contributed by atoms with Gasteiger partial charge in [-0.3, -0.25) is 4.79 Å². The Balaban J connectivity index is 1.58. The third-order valence-corrected chi connectivity index (χ3v) is 6.39. The van der Waals surface area contributed by atoms with Gasteiger partial charge in [0.05, 0.1) is 5.69 Å². The summed E-state index contributed by atoms with van der Waals surface area (Å²) < 4.78 is 0. The molecule has 4 nitrogen and oxygen atoms in total. The molecular formula is C21H27N3OS. The maximum absolute atomic E-state index is 12.4. The number of rotatable bonds is 4. The van der Waals surface area contributed by atoms with Crippen molar-refractivity contribution in [3.8, 4) is 11.3 Å². The molecule has 1 N–H and O–H groups in total. The highest BCUT2D eigenvalue weighted by atomic mass is 32.1. The molecule has 1 amide bonds. The van der Waals surface area contributed by atoms with Gasteiger partial charge in [-0.05, 0) is 43.9 Å². The van der Waals surface area contributed by atoms with Crippen LogP contribution in [0.3, 0.4) is 0 Å². The van der Waals surface area contributed by atoms with Crippen molar-refractivity contribution >= 4 is 28.1 Å². The molecule has 1 aliphatic heterocycles. The predicted octanol–water partition coefficient (Wildman–Crippen LogP) is 5.02. The number of benzene rings is 1. The molecule has 0 saturated heterocycles. The van der Waals surface area contributed by atoms with E-state index < -0.39 is 0 Å². The Hall–Kier alpha value is -1.88. The lowest BCUT2D eigenvalue weighted by Crippen LogP contribution is -2.32. The van der Waals surface area contributed by atoms with Gasteiger partial charge in [0.1, 0.15) is 0 Å². The molecule has 26 heavy (non-hydrogen) atoms. The highest BCUT2D eigenvalue weighted by Crippen LogP contribution is 2.36. The third kappa shape index (κ3) is 3.25. The van der Waals surface area contributed by atoms with Crippen LogP contribution >= 0.6 is 11.3 Å². The highest BCUT2D eigenvalue weighted by Gasteiger charge is 2.27. The van der Waals surface area contributed by atoms with E-state index in [1.54, 1.807) is 11.3 Å². The summed E-state index contributed by atoms with van der Waals surface area (Å²) in [5.41, 5.74) is 4.57. The Morgan fingerprint density at radius 3 is 2.81 bits per heavy atom. The summed E-state index contributed by atoms with van der Waals surface area (Å²) in [7, 11) is 0. The van der Waals surface area contributed by atoms with Gasteiger partial charge < -0.3 is 10.2 Å². The van der Waals surface area contributed by atoms with Gasteiger partial charge >= 0.3 is 0 Å². The number of carbonyl (C=O) groups is 1. The number of aryl methyl sites for hydroxylation is 1. The van der Waals surface area contributed by atoms with Crippen molar-refractivity contribution in [3.63, 3.8) is 0 Å². The van der Waals surface area contributed by atoms with E-state index in [9.17, 15) is 4.79 Å². The molecule has 1 aromatic heterocycles. The van der Waals surface area contributed by atoms with Crippen LogP contribution in [0.5, 0.6) is 0 Å². The number of fused-ring (bicyclic) bond motifs is 1. The molecular weight excluding hydrogens is 342 g/mol. The molecule has 0 bridgehead atoms. The first-order valence-corrected chi connectivity index (χ1v) is 10.5. The summed E-state index contributed by atoms with van der Waals surface area (Å²) in [4.78, 5) is 20.5. The SMILES string of the molecule is Cc1sc(NC2CCCC2)nc1-c1ccc2c(c1)CCN2C(=O)C(C)C. The average Bonchev–Trinajstić information content (AvgIpc) is 3.34. The third-order valence-electron chi connectivity index (χ3n) is 5.49. The summed E-state index contributed by atoms with van der Waals surface area (Å²) in [6, 6.07) is 7.03. The zero-order valence-electron chi connectivity index (χ0n) is 15.8. The summed E-state index contributed by atoms with van der Waals surface area (Å²) >= 11 is 1.75. The van der Waals surface area contributed by atoms with Gasteiger partial charge in [-0.25, -0.2) is 4.98 Å². The van der Waals surface area contributed by atoms with Gasteiger partial charge in [-0.15, -0.1) is 11.3 Å². The number of nitrogens with zero attached hydrogens (tertiary/aromatic N) is 2. The number of amides is 1. The maximum atomic E-state index is 12.4. The van der Waals surface area contributed by atoms with Gasteiger partial charge in [-0.2, -0.15) is 0 Å². The first kappa shape index (κ1) is 17.5. The lowest BCUT2D eigenvalue weighted by molar-refractivity contribution is -0.121. The van der Waals surface area contributed by atoms with Crippen LogP contribution in [-0.4, -0.2) is 23.5 Å². The molecule has 0 radical (unpaired) electrons. The van der Waals surface area contributed by atoms with Gasteiger partial charge in [0, 0.05) is 34.6 Å². The molecule has 0 unspecified atom stereocenters. The van der Waals surface area contributed by atoms with Crippen LogP contribution in [0.1, 0.15) is 50.0 Å². The summed E-state index contributed by atoms with van der Waals surface area (Å²) in [6.07, 6.45) is 6.09. The predicted molar refractivity (Wildman–Crippen MR) is 109 cm³/mol. The van der Waals surface area contributed by atoms with E-state index in [0.29, 0.717) is 6.04 Å². The maximum Gasteiger partial charge on any atom is 0.229 e. The van der Waals surface area contributed by atoms with Crippen LogP contribution in [-0.2, 0) is 11.2 Å². The van der Waals surface area contributed by atoms with Gasteiger partial charge in [0.25, 0.3) is 0 Å². The molecule has 1 fully saturated rings. The first-order valence-electron chi connectivity index (χ1n) is 9.71. The molecule has 0 atom stereocenters. The van der Waals surface area contributed by atoms with Crippen LogP contribution in [0.4, 0.5) is 10.8 Å². The highest BCUT2D eigenvalue weighted by molar-refractivity contribution is 7.16. The first-order chi connectivity index (χ1) is 12.5. The van der Waals surface area contributed by atoms with Crippen molar-refractivity contribution in [2.45, 2.75) is 58.9 Å². The molecule has 2 aliphatic rings. The van der Waals surface area contributed by atoms with E-state index in [4.69, 9.17) is 4.98 Å². The Labute approximate surface area is 159 Å². The van der Waals surface area contributed by atoms with E-state index >= 15 is 0 Å². The summed E-state index contributed by atoms with van der Waals surface area (Å²) in [6.45, 7) is 6.87. The molecule has 1 saturated carbocycles. The van der Waals surface area contributed by atoms with E-state index in [2.05, 4.69) is 30.4 Å². The molecule has 1 aromatic carbocycles. The Morgan fingerprint density at radius 2 is 2.08 bits per heavy atom. The minimum Gasteiger partial charge on any atom is -0.359 e. The fourth-order valence-corrected chi connectivity index (χ4v) is 4.97. The van der Waals surface area contributed by atoms with E-state index in [1.807, 2.05) is 18.7 Å².